The molecule has 0 heteroatoms. The third kappa shape index (κ3) is 4.63. The molecule has 0 saturated carbocycles. The smallest absolute Gasteiger partial charge is 0.0159 e. The van der Waals surface area contributed by atoms with Gasteiger partial charge in [-0.15, -0.1) is 0 Å². The maximum atomic E-state index is 2.56. The summed E-state index contributed by atoms with van der Waals surface area (Å²) in [5.74, 6) is 0. The van der Waals surface area contributed by atoms with Gasteiger partial charge in [-0.1, -0.05) is 173 Å². The highest BCUT2D eigenvalue weighted by Crippen LogP contribution is 2.54. The zero-order chi connectivity index (χ0) is 38.9. The first-order chi connectivity index (χ1) is 28.3. The van der Waals surface area contributed by atoms with Gasteiger partial charge in [0.2, 0.25) is 0 Å². The van der Waals surface area contributed by atoms with Gasteiger partial charge < -0.3 is 0 Å². The van der Waals surface area contributed by atoms with Crippen molar-refractivity contribution in [1.29, 1.82) is 0 Å². The van der Waals surface area contributed by atoms with Crippen LogP contribution in [0.25, 0.3) is 98.7 Å². The first-order valence-corrected chi connectivity index (χ1v) is 20.7. The minimum absolute atomic E-state index is 0.0702. The topological polar surface area (TPSA) is 0 Å². The van der Waals surface area contributed by atoms with Crippen LogP contribution >= 0.6 is 0 Å². The molecule has 0 fully saturated rings. The first-order valence-electron chi connectivity index (χ1n) is 20.7. The summed E-state index contributed by atoms with van der Waals surface area (Å²) >= 11 is 0. The van der Waals surface area contributed by atoms with Crippen molar-refractivity contribution in [3.63, 3.8) is 0 Å². The van der Waals surface area contributed by atoms with E-state index in [0.29, 0.717) is 0 Å². The second-order valence-corrected chi connectivity index (χ2v) is 17.7. The average molecular weight is 739 g/mol. The van der Waals surface area contributed by atoms with Crippen LogP contribution in [-0.2, 0) is 10.8 Å². The Labute approximate surface area is 340 Å². The lowest BCUT2D eigenvalue weighted by molar-refractivity contribution is 0.660. The van der Waals surface area contributed by atoms with Crippen LogP contribution in [0.4, 0.5) is 0 Å². The normalized spacial score (nSPS) is 14.5. The van der Waals surface area contributed by atoms with Crippen LogP contribution in [-0.4, -0.2) is 0 Å². The Morgan fingerprint density at radius 2 is 0.690 bits per heavy atom. The molecule has 12 rings (SSSR count). The molecule has 10 aromatic rings. The van der Waals surface area contributed by atoms with Crippen LogP contribution in [0.5, 0.6) is 0 Å². The zero-order valence-corrected chi connectivity index (χ0v) is 33.3. The van der Waals surface area contributed by atoms with Crippen molar-refractivity contribution in [2.75, 3.05) is 0 Å². The Balaban J connectivity index is 1.21. The second-order valence-electron chi connectivity index (χ2n) is 17.7. The molecule has 0 heterocycles. The minimum atomic E-state index is -0.129. The van der Waals surface area contributed by atoms with Gasteiger partial charge in [0.05, 0.1) is 0 Å². The van der Waals surface area contributed by atoms with Crippen LogP contribution in [0, 0.1) is 0 Å². The molecular formula is C58H42. The molecular weight excluding hydrogens is 697 g/mol. The Kier molecular flexibility index (Phi) is 6.84. The third-order valence-corrected chi connectivity index (χ3v) is 13.8. The number of fused-ring (bicyclic) bond motifs is 10. The molecule has 0 aliphatic heterocycles. The molecule has 2 aliphatic rings. The summed E-state index contributed by atoms with van der Waals surface area (Å²) in [5.41, 5.74) is 18.4. The molecule has 0 unspecified atom stereocenters. The van der Waals surface area contributed by atoms with E-state index < -0.39 is 0 Å². The molecule has 58 heavy (non-hydrogen) atoms. The van der Waals surface area contributed by atoms with E-state index in [4.69, 9.17) is 0 Å². The fourth-order valence-electron chi connectivity index (χ4n) is 10.8. The van der Waals surface area contributed by atoms with Gasteiger partial charge in [0.15, 0.2) is 0 Å². The molecule has 0 nitrogen and oxygen atoms in total. The Morgan fingerprint density at radius 3 is 1.33 bits per heavy atom. The minimum Gasteiger partial charge on any atom is -0.0619 e. The van der Waals surface area contributed by atoms with Gasteiger partial charge in [-0.25, -0.2) is 0 Å². The summed E-state index contributed by atoms with van der Waals surface area (Å²) in [5, 5.41) is 10.2. The molecule has 0 bridgehead atoms. The SMILES string of the molecule is CC1(C)c2ccccc2-c2ccc(-c3ccc4c(-c5ccc6ccccc6c5)c5cc6c(cc5c(-c5ccc7ccccc7c5)c4c3)C(C)(C)c3ccccc3-6)cc21. The van der Waals surface area contributed by atoms with Crippen molar-refractivity contribution in [3.8, 4) is 55.6 Å². The second kappa shape index (κ2) is 11.9. The van der Waals surface area contributed by atoms with Crippen molar-refractivity contribution in [2.24, 2.45) is 0 Å². The molecule has 274 valence electrons. The summed E-state index contributed by atoms with van der Waals surface area (Å²) in [6, 6.07) is 69.1. The van der Waals surface area contributed by atoms with Crippen LogP contribution < -0.4 is 0 Å². The lowest BCUT2D eigenvalue weighted by atomic mass is 9.79. The highest BCUT2D eigenvalue weighted by Gasteiger charge is 2.37. The highest BCUT2D eigenvalue weighted by molar-refractivity contribution is 6.23. The summed E-state index contributed by atoms with van der Waals surface area (Å²) in [7, 11) is 0. The lowest BCUT2D eigenvalue weighted by Crippen LogP contribution is -2.15. The van der Waals surface area contributed by atoms with Gasteiger partial charge in [-0.2, -0.15) is 0 Å². The summed E-state index contributed by atoms with van der Waals surface area (Å²) < 4.78 is 0. The van der Waals surface area contributed by atoms with E-state index in [1.54, 1.807) is 0 Å². The van der Waals surface area contributed by atoms with E-state index >= 15 is 0 Å². The Hall–Kier alpha value is -6.76. The van der Waals surface area contributed by atoms with Gasteiger partial charge >= 0.3 is 0 Å². The Morgan fingerprint density at radius 1 is 0.259 bits per heavy atom. The third-order valence-electron chi connectivity index (χ3n) is 13.8. The molecule has 0 amide bonds. The maximum Gasteiger partial charge on any atom is 0.0159 e. The van der Waals surface area contributed by atoms with Crippen LogP contribution in [0.1, 0.15) is 49.9 Å². The maximum absolute atomic E-state index is 2.56. The predicted octanol–water partition coefficient (Wildman–Crippen LogP) is 15.9. The van der Waals surface area contributed by atoms with Crippen LogP contribution in [0.15, 0.2) is 182 Å². The van der Waals surface area contributed by atoms with Gasteiger partial charge in [0, 0.05) is 10.8 Å². The van der Waals surface area contributed by atoms with E-state index in [9.17, 15) is 0 Å². The number of hydrogen-bond donors (Lipinski definition) is 0. The number of hydrogen-bond acceptors (Lipinski definition) is 0. The van der Waals surface area contributed by atoms with Crippen molar-refractivity contribution in [3.05, 3.63) is 204 Å². The molecule has 2 aliphatic carbocycles. The molecule has 10 aromatic carbocycles. The van der Waals surface area contributed by atoms with Crippen LogP contribution in [0.3, 0.4) is 0 Å². The van der Waals surface area contributed by atoms with E-state index in [2.05, 4.69) is 210 Å². The highest BCUT2D eigenvalue weighted by atomic mass is 14.4. The van der Waals surface area contributed by atoms with E-state index in [0.717, 1.165) is 0 Å². The van der Waals surface area contributed by atoms with Crippen LogP contribution in [0.2, 0.25) is 0 Å². The molecule has 0 spiro atoms. The number of rotatable bonds is 3. The van der Waals surface area contributed by atoms with Crippen molar-refractivity contribution in [2.45, 2.75) is 38.5 Å². The monoisotopic (exact) mass is 738 g/mol. The fraction of sp³-hybridized carbons (Fsp3) is 0.103. The lowest BCUT2D eigenvalue weighted by Gasteiger charge is -2.24. The molecule has 0 atom stereocenters. The van der Waals surface area contributed by atoms with Gasteiger partial charge in [0.25, 0.3) is 0 Å². The Bertz CT molecular complexity index is 3390. The van der Waals surface area contributed by atoms with Gasteiger partial charge in [0.1, 0.15) is 0 Å². The van der Waals surface area contributed by atoms with E-state index in [1.807, 2.05) is 0 Å². The summed E-state index contributed by atoms with van der Waals surface area (Å²) in [6.07, 6.45) is 0. The molecule has 0 radical (unpaired) electrons. The van der Waals surface area contributed by atoms with Crippen molar-refractivity contribution in [1.82, 2.24) is 0 Å². The molecule has 0 saturated heterocycles. The average Bonchev–Trinajstić information content (AvgIpc) is 3.63. The van der Waals surface area contributed by atoms with Crippen molar-refractivity contribution < 1.29 is 0 Å². The molecule has 0 aromatic heterocycles. The summed E-state index contributed by atoms with van der Waals surface area (Å²) in [4.78, 5) is 0. The largest absolute Gasteiger partial charge is 0.0619 e. The van der Waals surface area contributed by atoms with Gasteiger partial charge in [-0.05, 0) is 157 Å². The fourth-order valence-corrected chi connectivity index (χ4v) is 10.8. The first kappa shape index (κ1) is 33.4. The van der Waals surface area contributed by atoms with E-state index in [1.165, 1.54) is 121 Å². The van der Waals surface area contributed by atoms with Crippen molar-refractivity contribution >= 4 is 43.1 Å². The quantitative estimate of drug-likeness (QED) is 0.158. The molecule has 0 N–H and O–H groups in total. The zero-order valence-electron chi connectivity index (χ0n) is 33.3. The standard InChI is InChI=1S/C58H42/c1-57(2)51-19-11-9-17-43(51)45-27-25-40(32-53(45)57)39-26-28-46-48(31-39)56(42-24-22-36-14-6-8-16-38(36)30-42)50-34-54-47(44-18-10-12-20-52(44)58(54,3)4)33-49(50)55(46)41-23-21-35-13-5-7-15-37(35)29-41/h5-34H,1-4H3. The predicted molar refractivity (Wildman–Crippen MR) is 248 cm³/mol. The van der Waals surface area contributed by atoms with E-state index in [-0.39, 0.29) is 10.8 Å². The number of benzene rings is 10. The van der Waals surface area contributed by atoms with Gasteiger partial charge in [-0.3, -0.25) is 0 Å². The summed E-state index contributed by atoms with van der Waals surface area (Å²) in [6.45, 7) is 9.55.